The molecule has 0 spiro atoms. The monoisotopic (exact) mass is 299 g/mol. The van der Waals surface area contributed by atoms with E-state index in [0.29, 0.717) is 6.54 Å². The number of esters is 1. The number of likely N-dealkylation sites (tertiary alicyclic amines) is 1. The number of carbonyl (C=O) groups excluding carboxylic acids is 2. The second kappa shape index (κ2) is 6.67. The van der Waals surface area contributed by atoms with Gasteiger partial charge in [0.15, 0.2) is 0 Å². The lowest BCUT2D eigenvalue weighted by Crippen LogP contribution is -2.47. The van der Waals surface area contributed by atoms with Crippen LogP contribution in [-0.2, 0) is 14.3 Å². The molecule has 0 radical (unpaired) electrons. The van der Waals surface area contributed by atoms with Gasteiger partial charge in [-0.2, -0.15) is 0 Å². The standard InChI is InChI=1S/C16H29NO4/c1-15(2,3)20-13(18)11-12-9-7-8-10-17(12)14(19)21-16(4,5)6/h12H,7-11H2,1-6H3. The van der Waals surface area contributed by atoms with E-state index in [0.717, 1.165) is 19.3 Å². The highest BCUT2D eigenvalue weighted by molar-refractivity contribution is 5.73. The zero-order valence-electron chi connectivity index (χ0n) is 14.2. The molecular weight excluding hydrogens is 270 g/mol. The molecule has 1 fully saturated rings. The van der Waals surface area contributed by atoms with Crippen LogP contribution in [0.3, 0.4) is 0 Å². The number of rotatable bonds is 2. The molecule has 1 aliphatic rings. The summed E-state index contributed by atoms with van der Waals surface area (Å²) in [4.78, 5) is 25.9. The van der Waals surface area contributed by atoms with Gasteiger partial charge in [0.1, 0.15) is 11.2 Å². The minimum atomic E-state index is -0.523. The van der Waals surface area contributed by atoms with Crippen LogP contribution in [0, 0.1) is 0 Å². The summed E-state index contributed by atoms with van der Waals surface area (Å²) in [6, 6.07) is -0.122. The zero-order valence-corrected chi connectivity index (χ0v) is 14.2. The van der Waals surface area contributed by atoms with Crippen molar-refractivity contribution in [3.05, 3.63) is 0 Å². The molecule has 1 aliphatic heterocycles. The molecule has 1 atom stereocenters. The molecule has 1 rings (SSSR count). The molecule has 0 saturated carbocycles. The molecular formula is C16H29NO4. The first-order valence-corrected chi connectivity index (χ1v) is 7.69. The van der Waals surface area contributed by atoms with Crippen molar-refractivity contribution in [2.75, 3.05) is 6.54 Å². The fourth-order valence-electron chi connectivity index (χ4n) is 2.35. The third-order valence-electron chi connectivity index (χ3n) is 3.08. The lowest BCUT2D eigenvalue weighted by atomic mass is 10.00. The van der Waals surface area contributed by atoms with Crippen molar-refractivity contribution in [3.8, 4) is 0 Å². The third kappa shape index (κ3) is 6.82. The van der Waals surface area contributed by atoms with Gasteiger partial charge in [-0.25, -0.2) is 4.79 Å². The minimum Gasteiger partial charge on any atom is -0.460 e. The summed E-state index contributed by atoms with van der Waals surface area (Å²) >= 11 is 0. The number of amides is 1. The highest BCUT2D eigenvalue weighted by atomic mass is 16.6. The molecule has 1 saturated heterocycles. The molecule has 0 aromatic rings. The van der Waals surface area contributed by atoms with E-state index in [-0.39, 0.29) is 24.5 Å². The summed E-state index contributed by atoms with van der Waals surface area (Å²) in [6.45, 7) is 11.7. The maximum Gasteiger partial charge on any atom is 0.410 e. The smallest absolute Gasteiger partial charge is 0.410 e. The van der Waals surface area contributed by atoms with Gasteiger partial charge >= 0.3 is 12.1 Å². The first kappa shape index (κ1) is 17.8. The van der Waals surface area contributed by atoms with Gasteiger partial charge in [0, 0.05) is 12.6 Å². The number of carbonyl (C=O) groups is 2. The number of nitrogens with zero attached hydrogens (tertiary/aromatic N) is 1. The Labute approximate surface area is 128 Å². The average molecular weight is 299 g/mol. The summed E-state index contributed by atoms with van der Waals surface area (Å²) in [5, 5.41) is 0. The van der Waals surface area contributed by atoms with Crippen molar-refractivity contribution in [3.63, 3.8) is 0 Å². The Balaban J connectivity index is 2.65. The Hall–Kier alpha value is -1.26. The van der Waals surface area contributed by atoms with Gasteiger partial charge in [-0.3, -0.25) is 4.79 Å². The summed E-state index contributed by atoms with van der Waals surface area (Å²) < 4.78 is 10.8. The summed E-state index contributed by atoms with van der Waals surface area (Å²) in [5.74, 6) is -0.261. The Morgan fingerprint density at radius 1 is 1.00 bits per heavy atom. The van der Waals surface area contributed by atoms with Crippen LogP contribution in [0.1, 0.15) is 67.2 Å². The van der Waals surface area contributed by atoms with Crippen molar-refractivity contribution < 1.29 is 19.1 Å². The van der Waals surface area contributed by atoms with E-state index in [1.165, 1.54) is 0 Å². The van der Waals surface area contributed by atoms with E-state index in [9.17, 15) is 9.59 Å². The first-order chi connectivity index (χ1) is 9.48. The third-order valence-corrected chi connectivity index (χ3v) is 3.08. The molecule has 1 amide bonds. The quantitative estimate of drug-likeness (QED) is 0.732. The number of hydrogen-bond acceptors (Lipinski definition) is 4. The average Bonchev–Trinajstić information content (AvgIpc) is 2.24. The Kier molecular flexibility index (Phi) is 5.65. The van der Waals surface area contributed by atoms with Crippen LogP contribution in [0.5, 0.6) is 0 Å². The van der Waals surface area contributed by atoms with Gasteiger partial charge in [0.25, 0.3) is 0 Å². The normalized spacial score (nSPS) is 20.1. The van der Waals surface area contributed by atoms with Crippen molar-refractivity contribution in [2.45, 2.75) is 84.5 Å². The predicted molar refractivity (Wildman–Crippen MR) is 81.0 cm³/mol. The largest absolute Gasteiger partial charge is 0.460 e. The number of ether oxygens (including phenoxy) is 2. The van der Waals surface area contributed by atoms with Gasteiger partial charge in [-0.05, 0) is 60.8 Å². The van der Waals surface area contributed by atoms with Crippen LogP contribution in [0.15, 0.2) is 0 Å². The highest BCUT2D eigenvalue weighted by Crippen LogP contribution is 2.23. The molecule has 0 aromatic carbocycles. The van der Waals surface area contributed by atoms with E-state index in [1.807, 2.05) is 41.5 Å². The molecule has 0 bridgehead atoms. The number of hydrogen-bond donors (Lipinski definition) is 0. The Morgan fingerprint density at radius 2 is 1.57 bits per heavy atom. The molecule has 5 heteroatoms. The Bertz CT molecular complexity index is 379. The molecule has 122 valence electrons. The lowest BCUT2D eigenvalue weighted by molar-refractivity contribution is -0.156. The van der Waals surface area contributed by atoms with Crippen molar-refractivity contribution in [1.29, 1.82) is 0 Å². The highest BCUT2D eigenvalue weighted by Gasteiger charge is 2.32. The van der Waals surface area contributed by atoms with Gasteiger partial charge < -0.3 is 14.4 Å². The van der Waals surface area contributed by atoms with Crippen LogP contribution in [0.25, 0.3) is 0 Å². The second-order valence-corrected chi connectivity index (χ2v) is 7.61. The molecule has 1 unspecified atom stereocenters. The maximum atomic E-state index is 12.2. The SMILES string of the molecule is CC(C)(C)OC(=O)CC1CCCCN1C(=O)OC(C)(C)C. The van der Waals surface area contributed by atoms with E-state index >= 15 is 0 Å². The van der Waals surface area contributed by atoms with E-state index < -0.39 is 11.2 Å². The van der Waals surface area contributed by atoms with Crippen molar-refractivity contribution >= 4 is 12.1 Å². The summed E-state index contributed by atoms with van der Waals surface area (Å²) in [5.41, 5.74) is -1.02. The molecule has 0 aliphatic carbocycles. The maximum absolute atomic E-state index is 12.2. The fraction of sp³-hybridized carbons (Fsp3) is 0.875. The van der Waals surface area contributed by atoms with E-state index in [4.69, 9.17) is 9.47 Å². The van der Waals surface area contributed by atoms with Gasteiger partial charge in [0.05, 0.1) is 6.42 Å². The lowest BCUT2D eigenvalue weighted by Gasteiger charge is -2.36. The predicted octanol–water partition coefficient (Wildman–Crippen LogP) is 3.51. The van der Waals surface area contributed by atoms with Gasteiger partial charge in [0.2, 0.25) is 0 Å². The molecule has 0 aromatic heterocycles. The number of piperidine rings is 1. The fourth-order valence-corrected chi connectivity index (χ4v) is 2.35. The first-order valence-electron chi connectivity index (χ1n) is 7.69. The van der Waals surface area contributed by atoms with Crippen LogP contribution in [-0.4, -0.2) is 40.8 Å². The van der Waals surface area contributed by atoms with Gasteiger partial charge in [-0.1, -0.05) is 0 Å². The van der Waals surface area contributed by atoms with Crippen molar-refractivity contribution in [2.24, 2.45) is 0 Å². The van der Waals surface area contributed by atoms with E-state index in [2.05, 4.69) is 0 Å². The van der Waals surface area contributed by atoms with Gasteiger partial charge in [-0.15, -0.1) is 0 Å². The molecule has 0 N–H and O–H groups in total. The molecule has 21 heavy (non-hydrogen) atoms. The second-order valence-electron chi connectivity index (χ2n) is 7.61. The minimum absolute atomic E-state index is 0.122. The molecule has 1 heterocycles. The molecule has 5 nitrogen and oxygen atoms in total. The van der Waals surface area contributed by atoms with Crippen LogP contribution < -0.4 is 0 Å². The van der Waals surface area contributed by atoms with Crippen LogP contribution in [0.2, 0.25) is 0 Å². The van der Waals surface area contributed by atoms with Crippen LogP contribution in [0.4, 0.5) is 4.79 Å². The van der Waals surface area contributed by atoms with E-state index in [1.54, 1.807) is 4.90 Å². The van der Waals surface area contributed by atoms with Crippen molar-refractivity contribution in [1.82, 2.24) is 4.90 Å². The summed E-state index contributed by atoms with van der Waals surface area (Å²) in [6.07, 6.45) is 2.68. The zero-order chi connectivity index (χ0) is 16.3. The topological polar surface area (TPSA) is 55.8 Å². The Morgan fingerprint density at radius 3 is 2.10 bits per heavy atom. The van der Waals surface area contributed by atoms with Crippen LogP contribution >= 0.6 is 0 Å². The summed E-state index contributed by atoms with van der Waals surface area (Å²) in [7, 11) is 0.